The van der Waals surface area contributed by atoms with Gasteiger partial charge in [-0.3, -0.25) is 0 Å². The van der Waals surface area contributed by atoms with E-state index in [9.17, 15) is 0 Å². The van der Waals surface area contributed by atoms with Crippen LogP contribution in [0.25, 0.3) is 0 Å². The van der Waals surface area contributed by atoms with E-state index in [1.54, 1.807) is 6.20 Å². The number of pyridine rings is 1. The molecule has 0 radical (unpaired) electrons. The summed E-state index contributed by atoms with van der Waals surface area (Å²) in [6, 6.07) is 4.52. The van der Waals surface area contributed by atoms with Crippen LogP contribution in [0, 0.1) is 0 Å². The van der Waals surface area contributed by atoms with Gasteiger partial charge in [-0.2, -0.15) is 11.8 Å². The van der Waals surface area contributed by atoms with E-state index in [0.29, 0.717) is 17.9 Å². The maximum atomic E-state index is 5.53. The van der Waals surface area contributed by atoms with E-state index in [1.165, 1.54) is 18.6 Å². The van der Waals surface area contributed by atoms with Crippen LogP contribution in [0.5, 0.6) is 5.88 Å². The number of hydrogen-bond acceptors (Lipinski definition) is 4. The molecule has 1 aliphatic heterocycles. The van der Waals surface area contributed by atoms with Gasteiger partial charge in [0.25, 0.3) is 0 Å². The van der Waals surface area contributed by atoms with Crippen molar-refractivity contribution in [2.24, 2.45) is 0 Å². The Morgan fingerprint density at radius 3 is 3.24 bits per heavy atom. The molecule has 1 aliphatic rings. The Bertz CT molecular complexity index is 359. The lowest BCUT2D eigenvalue weighted by molar-refractivity contribution is 0.328. The van der Waals surface area contributed by atoms with Crippen LogP contribution in [0.15, 0.2) is 18.3 Å². The van der Waals surface area contributed by atoms with Crippen molar-refractivity contribution in [3.63, 3.8) is 0 Å². The lowest BCUT2D eigenvalue weighted by atomic mass is 10.1. The standard InChI is InChI=1S/C13H20N2OS/c1-3-16-13-12(6-4-8-14-13)15-11-7-5-9-17-10(11)2/h4,6,8,10-11,15H,3,5,7,9H2,1-2H3. The molecular weight excluding hydrogens is 232 g/mol. The first kappa shape index (κ1) is 12.6. The first-order chi connectivity index (χ1) is 8.31. The van der Waals surface area contributed by atoms with Crippen molar-refractivity contribution < 1.29 is 4.74 Å². The number of rotatable bonds is 4. The van der Waals surface area contributed by atoms with Gasteiger partial charge in [0.2, 0.25) is 5.88 Å². The number of ether oxygens (including phenoxy) is 1. The lowest BCUT2D eigenvalue weighted by Gasteiger charge is -2.30. The maximum absolute atomic E-state index is 5.53. The normalized spacial score (nSPS) is 24.4. The SMILES string of the molecule is CCOc1ncccc1NC1CCCSC1C. The van der Waals surface area contributed by atoms with Crippen molar-refractivity contribution in [1.82, 2.24) is 4.98 Å². The third-order valence-corrected chi connectivity index (χ3v) is 4.38. The summed E-state index contributed by atoms with van der Waals surface area (Å²) >= 11 is 2.04. The van der Waals surface area contributed by atoms with E-state index >= 15 is 0 Å². The highest BCUT2D eigenvalue weighted by Gasteiger charge is 2.22. The molecule has 2 unspecified atom stereocenters. The van der Waals surface area contributed by atoms with Crippen molar-refractivity contribution in [3.8, 4) is 5.88 Å². The van der Waals surface area contributed by atoms with Crippen LogP contribution in [0.2, 0.25) is 0 Å². The maximum Gasteiger partial charge on any atom is 0.237 e. The molecule has 17 heavy (non-hydrogen) atoms. The molecule has 2 heterocycles. The van der Waals surface area contributed by atoms with Crippen molar-refractivity contribution in [3.05, 3.63) is 18.3 Å². The fourth-order valence-electron chi connectivity index (χ4n) is 2.06. The van der Waals surface area contributed by atoms with Crippen LogP contribution in [-0.2, 0) is 0 Å². The number of aromatic nitrogens is 1. The highest BCUT2D eigenvalue weighted by atomic mass is 32.2. The first-order valence-corrected chi connectivity index (χ1v) is 7.32. The molecule has 1 fully saturated rings. The Hall–Kier alpha value is -0.900. The Labute approximate surface area is 107 Å². The topological polar surface area (TPSA) is 34.1 Å². The predicted molar refractivity (Wildman–Crippen MR) is 74.0 cm³/mol. The molecule has 3 nitrogen and oxygen atoms in total. The second-order valence-electron chi connectivity index (χ2n) is 4.26. The Kier molecular flexibility index (Phi) is 4.54. The number of thioether (sulfide) groups is 1. The van der Waals surface area contributed by atoms with Gasteiger partial charge in [-0.05, 0) is 37.7 Å². The van der Waals surface area contributed by atoms with E-state index in [4.69, 9.17) is 4.74 Å². The molecule has 1 aromatic rings. The van der Waals surface area contributed by atoms with E-state index in [2.05, 4.69) is 17.2 Å². The van der Waals surface area contributed by atoms with Crippen LogP contribution in [0.1, 0.15) is 26.7 Å². The smallest absolute Gasteiger partial charge is 0.237 e. The summed E-state index contributed by atoms with van der Waals surface area (Å²) in [5.41, 5.74) is 1.02. The summed E-state index contributed by atoms with van der Waals surface area (Å²) in [4.78, 5) is 4.27. The zero-order valence-electron chi connectivity index (χ0n) is 10.5. The molecule has 2 atom stereocenters. The fraction of sp³-hybridized carbons (Fsp3) is 0.615. The largest absolute Gasteiger partial charge is 0.476 e. The molecule has 0 saturated carbocycles. The molecule has 0 aliphatic carbocycles. The molecule has 4 heteroatoms. The van der Waals surface area contributed by atoms with Gasteiger partial charge in [-0.1, -0.05) is 6.92 Å². The van der Waals surface area contributed by atoms with Crippen LogP contribution >= 0.6 is 11.8 Å². The number of anilines is 1. The molecular formula is C13H20N2OS. The van der Waals surface area contributed by atoms with Crippen molar-refractivity contribution in [1.29, 1.82) is 0 Å². The third-order valence-electron chi connectivity index (χ3n) is 3.00. The number of hydrogen-bond donors (Lipinski definition) is 1. The van der Waals surface area contributed by atoms with Crippen LogP contribution < -0.4 is 10.1 Å². The average molecular weight is 252 g/mol. The predicted octanol–water partition coefficient (Wildman–Crippen LogP) is 3.18. The van der Waals surface area contributed by atoms with Gasteiger partial charge in [0, 0.05) is 17.5 Å². The minimum absolute atomic E-state index is 0.525. The molecule has 0 amide bonds. The second kappa shape index (κ2) is 6.15. The van der Waals surface area contributed by atoms with Crippen molar-refractivity contribution in [2.75, 3.05) is 17.7 Å². The zero-order chi connectivity index (χ0) is 12.1. The quantitative estimate of drug-likeness (QED) is 0.892. The molecule has 1 aromatic heterocycles. The van der Waals surface area contributed by atoms with Gasteiger partial charge < -0.3 is 10.1 Å². The van der Waals surface area contributed by atoms with Gasteiger partial charge in [0.05, 0.1) is 12.3 Å². The minimum atomic E-state index is 0.525. The molecule has 94 valence electrons. The summed E-state index contributed by atoms with van der Waals surface area (Å²) in [7, 11) is 0. The van der Waals surface area contributed by atoms with E-state index in [-0.39, 0.29) is 0 Å². The molecule has 1 N–H and O–H groups in total. The Morgan fingerprint density at radius 1 is 1.59 bits per heavy atom. The van der Waals surface area contributed by atoms with Gasteiger partial charge in [-0.25, -0.2) is 4.98 Å². The first-order valence-electron chi connectivity index (χ1n) is 6.27. The summed E-state index contributed by atoms with van der Waals surface area (Å²) in [5, 5.41) is 4.23. The van der Waals surface area contributed by atoms with Gasteiger partial charge in [0.1, 0.15) is 0 Å². The summed E-state index contributed by atoms with van der Waals surface area (Å²) in [6.45, 7) is 4.93. The van der Waals surface area contributed by atoms with Gasteiger partial charge in [-0.15, -0.1) is 0 Å². The minimum Gasteiger partial charge on any atom is -0.476 e. The van der Waals surface area contributed by atoms with Crippen molar-refractivity contribution >= 4 is 17.4 Å². The summed E-state index contributed by atoms with van der Waals surface area (Å²) < 4.78 is 5.53. The van der Waals surface area contributed by atoms with Crippen LogP contribution in [0.4, 0.5) is 5.69 Å². The van der Waals surface area contributed by atoms with Crippen LogP contribution in [0.3, 0.4) is 0 Å². The second-order valence-corrected chi connectivity index (χ2v) is 5.74. The van der Waals surface area contributed by atoms with Gasteiger partial charge >= 0.3 is 0 Å². The number of nitrogens with one attached hydrogen (secondary N) is 1. The third kappa shape index (κ3) is 3.28. The molecule has 2 rings (SSSR count). The zero-order valence-corrected chi connectivity index (χ0v) is 11.3. The number of nitrogens with zero attached hydrogens (tertiary/aromatic N) is 1. The highest BCUT2D eigenvalue weighted by molar-refractivity contribution is 8.00. The van der Waals surface area contributed by atoms with E-state index in [1.807, 2.05) is 30.8 Å². The fourth-order valence-corrected chi connectivity index (χ4v) is 3.21. The average Bonchev–Trinajstić information content (AvgIpc) is 2.35. The lowest BCUT2D eigenvalue weighted by Crippen LogP contribution is -2.32. The van der Waals surface area contributed by atoms with E-state index < -0.39 is 0 Å². The molecule has 0 bridgehead atoms. The summed E-state index contributed by atoms with van der Waals surface area (Å²) in [5.74, 6) is 2.00. The van der Waals surface area contributed by atoms with Crippen LogP contribution in [-0.4, -0.2) is 28.6 Å². The highest BCUT2D eigenvalue weighted by Crippen LogP contribution is 2.30. The summed E-state index contributed by atoms with van der Waals surface area (Å²) in [6.07, 6.45) is 4.29. The van der Waals surface area contributed by atoms with Gasteiger partial charge in [0.15, 0.2) is 0 Å². The van der Waals surface area contributed by atoms with E-state index in [0.717, 1.165) is 11.6 Å². The monoisotopic (exact) mass is 252 g/mol. The van der Waals surface area contributed by atoms with Crippen molar-refractivity contribution in [2.45, 2.75) is 38.0 Å². The molecule has 0 spiro atoms. The Morgan fingerprint density at radius 2 is 2.47 bits per heavy atom. The molecule has 0 aromatic carbocycles. The molecule has 1 saturated heterocycles. The Balaban J connectivity index is 2.06.